The van der Waals surface area contributed by atoms with E-state index in [1.165, 1.54) is 0 Å². The second-order valence-electron chi connectivity index (χ2n) is 5.80. The number of hydrogen-bond donors (Lipinski definition) is 1. The highest BCUT2D eigenvalue weighted by atomic mass is 16.2. The van der Waals surface area contributed by atoms with Gasteiger partial charge in [-0.15, -0.1) is 0 Å². The summed E-state index contributed by atoms with van der Waals surface area (Å²) in [4.78, 5) is 14.2. The van der Waals surface area contributed by atoms with E-state index in [9.17, 15) is 4.79 Å². The summed E-state index contributed by atoms with van der Waals surface area (Å²) in [5.74, 6) is -0.0404. The molecule has 1 amide bonds. The van der Waals surface area contributed by atoms with Crippen molar-refractivity contribution in [1.82, 2.24) is 4.90 Å². The van der Waals surface area contributed by atoms with Gasteiger partial charge in [-0.1, -0.05) is 30.3 Å². The molecule has 0 saturated carbocycles. The zero-order valence-corrected chi connectivity index (χ0v) is 13.8. The van der Waals surface area contributed by atoms with Gasteiger partial charge in [0.05, 0.1) is 18.2 Å². The second kappa shape index (κ2) is 7.57. The molecule has 0 saturated heterocycles. The van der Waals surface area contributed by atoms with E-state index < -0.39 is 0 Å². The molecule has 23 heavy (non-hydrogen) atoms. The third-order valence-electron chi connectivity index (χ3n) is 3.67. The lowest BCUT2D eigenvalue weighted by atomic mass is 10.1. The van der Waals surface area contributed by atoms with E-state index >= 15 is 0 Å². The molecular weight excluding hydrogens is 286 g/mol. The van der Waals surface area contributed by atoms with Crippen LogP contribution >= 0.6 is 0 Å². The van der Waals surface area contributed by atoms with Crippen LogP contribution < -0.4 is 5.32 Å². The van der Waals surface area contributed by atoms with Crippen molar-refractivity contribution < 1.29 is 4.79 Å². The number of carbonyl (C=O) groups is 1. The van der Waals surface area contributed by atoms with Gasteiger partial charge in [0.25, 0.3) is 0 Å². The first-order valence-electron chi connectivity index (χ1n) is 7.53. The third kappa shape index (κ3) is 4.67. The summed E-state index contributed by atoms with van der Waals surface area (Å²) in [7, 11) is 1.89. The lowest BCUT2D eigenvalue weighted by molar-refractivity contribution is -0.117. The van der Waals surface area contributed by atoms with Gasteiger partial charge in [0.15, 0.2) is 0 Å². The molecule has 0 fully saturated rings. The molecule has 0 aromatic heterocycles. The molecule has 0 aliphatic heterocycles. The molecule has 0 radical (unpaired) electrons. The summed E-state index contributed by atoms with van der Waals surface area (Å²) < 4.78 is 0. The Morgan fingerprint density at radius 3 is 2.48 bits per heavy atom. The lowest BCUT2D eigenvalue weighted by Gasteiger charge is -2.18. The predicted molar refractivity (Wildman–Crippen MR) is 92.0 cm³/mol. The Labute approximate surface area is 137 Å². The van der Waals surface area contributed by atoms with Crippen LogP contribution in [0.15, 0.2) is 42.5 Å². The summed E-state index contributed by atoms with van der Waals surface area (Å²) >= 11 is 0. The Morgan fingerprint density at radius 1 is 1.17 bits per heavy atom. The number of likely N-dealkylation sites (N-methyl/N-ethyl adjacent to an activating group) is 1. The van der Waals surface area contributed by atoms with Crippen LogP contribution in [0.2, 0.25) is 0 Å². The Balaban J connectivity index is 1.96. The van der Waals surface area contributed by atoms with Gasteiger partial charge in [-0.3, -0.25) is 9.69 Å². The number of carbonyl (C=O) groups excluding carboxylic acids is 1. The Bertz CT molecular complexity index is 726. The maximum Gasteiger partial charge on any atom is 0.238 e. The van der Waals surface area contributed by atoms with E-state index in [1.807, 2.05) is 62.2 Å². The first-order chi connectivity index (χ1) is 11.0. The van der Waals surface area contributed by atoms with Gasteiger partial charge < -0.3 is 5.32 Å². The monoisotopic (exact) mass is 307 g/mol. The predicted octanol–water partition coefficient (Wildman–Crippen LogP) is 3.25. The average Bonchev–Trinajstić information content (AvgIpc) is 2.51. The van der Waals surface area contributed by atoms with Crippen molar-refractivity contribution in [1.29, 1.82) is 5.26 Å². The number of amides is 1. The number of para-hydroxylation sites is 1. The second-order valence-corrected chi connectivity index (χ2v) is 5.80. The number of rotatable bonds is 5. The molecule has 0 unspecified atom stereocenters. The lowest BCUT2D eigenvalue weighted by Crippen LogP contribution is -2.30. The van der Waals surface area contributed by atoms with Gasteiger partial charge in [0.2, 0.25) is 5.91 Å². The first kappa shape index (κ1) is 16.7. The maximum absolute atomic E-state index is 12.2. The SMILES string of the molecule is Cc1cccc(C)c1NC(=O)CN(C)Cc1cccc(C#N)c1. The molecule has 0 spiro atoms. The first-order valence-corrected chi connectivity index (χ1v) is 7.53. The maximum atomic E-state index is 12.2. The van der Waals surface area contributed by atoms with Crippen LogP contribution in [0.25, 0.3) is 0 Å². The highest BCUT2D eigenvalue weighted by molar-refractivity contribution is 5.93. The standard InChI is InChI=1S/C19H21N3O/c1-14-6-4-7-15(2)19(14)21-18(23)13-22(3)12-17-9-5-8-16(10-17)11-20/h4-10H,12-13H2,1-3H3,(H,21,23). The van der Waals surface area contributed by atoms with Crippen molar-refractivity contribution in [2.24, 2.45) is 0 Å². The Kier molecular flexibility index (Phi) is 5.51. The van der Waals surface area contributed by atoms with Crippen molar-refractivity contribution in [3.8, 4) is 6.07 Å². The van der Waals surface area contributed by atoms with Crippen LogP contribution in [0.3, 0.4) is 0 Å². The molecule has 0 atom stereocenters. The van der Waals surface area contributed by atoms with Crippen LogP contribution in [-0.2, 0) is 11.3 Å². The van der Waals surface area contributed by atoms with E-state index in [1.54, 1.807) is 6.07 Å². The smallest absolute Gasteiger partial charge is 0.238 e. The fraction of sp³-hybridized carbons (Fsp3) is 0.263. The number of nitriles is 1. The van der Waals surface area contributed by atoms with Crippen LogP contribution in [-0.4, -0.2) is 24.4 Å². The van der Waals surface area contributed by atoms with E-state index in [0.29, 0.717) is 18.7 Å². The Hall–Kier alpha value is -2.64. The van der Waals surface area contributed by atoms with Gasteiger partial charge in [-0.25, -0.2) is 0 Å². The minimum atomic E-state index is -0.0404. The van der Waals surface area contributed by atoms with Crippen LogP contribution in [0.1, 0.15) is 22.3 Å². The molecule has 2 rings (SSSR count). The number of aryl methyl sites for hydroxylation is 2. The minimum Gasteiger partial charge on any atom is -0.324 e. The third-order valence-corrected chi connectivity index (χ3v) is 3.67. The fourth-order valence-electron chi connectivity index (χ4n) is 2.54. The Morgan fingerprint density at radius 2 is 1.83 bits per heavy atom. The molecule has 0 heterocycles. The normalized spacial score (nSPS) is 10.4. The fourth-order valence-corrected chi connectivity index (χ4v) is 2.54. The van der Waals surface area contributed by atoms with Gasteiger partial charge in [-0.05, 0) is 49.7 Å². The van der Waals surface area contributed by atoms with Crippen LogP contribution in [0.4, 0.5) is 5.69 Å². The molecule has 0 aliphatic carbocycles. The minimum absolute atomic E-state index is 0.0404. The highest BCUT2D eigenvalue weighted by Gasteiger charge is 2.10. The van der Waals surface area contributed by atoms with E-state index in [0.717, 1.165) is 22.4 Å². The largest absolute Gasteiger partial charge is 0.324 e. The topological polar surface area (TPSA) is 56.1 Å². The molecule has 2 aromatic rings. The summed E-state index contributed by atoms with van der Waals surface area (Å²) in [6, 6.07) is 15.5. The molecule has 0 aliphatic rings. The molecular formula is C19H21N3O. The molecule has 1 N–H and O–H groups in total. The van der Waals surface area contributed by atoms with Gasteiger partial charge in [0.1, 0.15) is 0 Å². The highest BCUT2D eigenvalue weighted by Crippen LogP contribution is 2.19. The number of anilines is 1. The summed E-state index contributed by atoms with van der Waals surface area (Å²) in [6.45, 7) is 4.89. The molecule has 0 bridgehead atoms. The number of benzene rings is 2. The molecule has 4 nitrogen and oxygen atoms in total. The summed E-state index contributed by atoms with van der Waals surface area (Å²) in [6.07, 6.45) is 0. The number of nitrogens with zero attached hydrogens (tertiary/aromatic N) is 2. The number of nitrogens with one attached hydrogen (secondary N) is 1. The van der Waals surface area contributed by atoms with Crippen molar-refractivity contribution in [3.63, 3.8) is 0 Å². The molecule has 2 aromatic carbocycles. The van der Waals surface area contributed by atoms with E-state index in [-0.39, 0.29) is 5.91 Å². The van der Waals surface area contributed by atoms with Gasteiger partial charge in [-0.2, -0.15) is 5.26 Å². The van der Waals surface area contributed by atoms with Crippen LogP contribution in [0.5, 0.6) is 0 Å². The quantitative estimate of drug-likeness (QED) is 0.922. The van der Waals surface area contributed by atoms with Crippen LogP contribution in [0, 0.1) is 25.2 Å². The van der Waals surface area contributed by atoms with Gasteiger partial charge >= 0.3 is 0 Å². The van der Waals surface area contributed by atoms with Crippen molar-refractivity contribution in [3.05, 3.63) is 64.7 Å². The molecule has 4 heteroatoms. The zero-order valence-electron chi connectivity index (χ0n) is 13.8. The van der Waals surface area contributed by atoms with E-state index in [4.69, 9.17) is 5.26 Å². The van der Waals surface area contributed by atoms with E-state index in [2.05, 4.69) is 11.4 Å². The van der Waals surface area contributed by atoms with Gasteiger partial charge in [0, 0.05) is 12.2 Å². The van der Waals surface area contributed by atoms with Crippen molar-refractivity contribution in [2.75, 3.05) is 18.9 Å². The number of hydrogen-bond acceptors (Lipinski definition) is 3. The van der Waals surface area contributed by atoms with Crippen molar-refractivity contribution >= 4 is 11.6 Å². The molecule has 118 valence electrons. The summed E-state index contributed by atoms with van der Waals surface area (Å²) in [5.41, 5.74) is 4.66. The zero-order chi connectivity index (χ0) is 16.8. The average molecular weight is 307 g/mol. The van der Waals surface area contributed by atoms with Crippen molar-refractivity contribution in [2.45, 2.75) is 20.4 Å². The summed E-state index contributed by atoms with van der Waals surface area (Å²) in [5, 5.41) is 11.9.